The number of benzene rings is 1. The maximum absolute atomic E-state index is 10.4. The number of guanidine groups is 1. The van der Waals surface area contributed by atoms with E-state index in [1.54, 1.807) is 0 Å². The molecule has 0 saturated carbocycles. The molecular formula is C21H39IN4O2. The molecule has 3 N–H and O–H groups in total. The number of hydrogen-bond donors (Lipinski definition) is 3. The van der Waals surface area contributed by atoms with E-state index in [9.17, 15) is 5.11 Å². The van der Waals surface area contributed by atoms with E-state index in [-0.39, 0.29) is 30.1 Å². The van der Waals surface area contributed by atoms with Crippen LogP contribution in [-0.2, 0) is 0 Å². The van der Waals surface area contributed by atoms with Crippen LogP contribution < -0.4 is 15.4 Å². The molecular weight excluding hydrogens is 467 g/mol. The smallest absolute Gasteiger partial charge is 0.191 e. The van der Waals surface area contributed by atoms with Crippen molar-refractivity contribution in [1.29, 1.82) is 0 Å². The molecule has 0 fully saturated rings. The van der Waals surface area contributed by atoms with Gasteiger partial charge in [-0.1, -0.05) is 26.0 Å². The lowest BCUT2D eigenvalue weighted by atomic mass is 10.1. The first-order chi connectivity index (χ1) is 13.0. The van der Waals surface area contributed by atoms with Crippen molar-refractivity contribution in [2.24, 2.45) is 4.99 Å². The summed E-state index contributed by atoms with van der Waals surface area (Å²) in [5.74, 6) is 1.56. The van der Waals surface area contributed by atoms with Crippen LogP contribution in [0.4, 0.5) is 0 Å². The first kappa shape index (κ1) is 26.9. The Morgan fingerprint density at radius 1 is 1.11 bits per heavy atom. The molecule has 0 aromatic heterocycles. The van der Waals surface area contributed by atoms with Crippen molar-refractivity contribution in [2.75, 3.05) is 39.3 Å². The number of aliphatic imine (C=N–C) groups is 1. The molecule has 0 bridgehead atoms. The largest absolute Gasteiger partial charge is 0.491 e. The van der Waals surface area contributed by atoms with Crippen LogP contribution in [0.3, 0.4) is 0 Å². The fourth-order valence-electron chi connectivity index (χ4n) is 2.71. The molecule has 0 aliphatic rings. The summed E-state index contributed by atoms with van der Waals surface area (Å²) in [6, 6.07) is 7.56. The lowest BCUT2D eigenvalue weighted by Crippen LogP contribution is -2.39. The van der Waals surface area contributed by atoms with Gasteiger partial charge in [-0.3, -0.25) is 4.99 Å². The van der Waals surface area contributed by atoms with Gasteiger partial charge in [-0.05, 0) is 64.5 Å². The summed E-state index contributed by atoms with van der Waals surface area (Å²) in [5.41, 5.74) is 0.840. The minimum Gasteiger partial charge on any atom is -0.491 e. The number of rotatable bonds is 12. The summed E-state index contributed by atoms with van der Waals surface area (Å²) in [5, 5.41) is 17.0. The molecule has 1 aromatic carbocycles. The number of aliphatic hydroxyl groups excluding tert-OH is 1. The maximum atomic E-state index is 10.4. The van der Waals surface area contributed by atoms with E-state index in [1.807, 2.05) is 45.0 Å². The van der Waals surface area contributed by atoms with Crippen LogP contribution in [0.2, 0.25) is 0 Å². The Labute approximate surface area is 188 Å². The molecule has 0 spiro atoms. The predicted molar refractivity (Wildman–Crippen MR) is 129 cm³/mol. The average molecular weight is 506 g/mol. The van der Waals surface area contributed by atoms with E-state index >= 15 is 0 Å². The van der Waals surface area contributed by atoms with Gasteiger partial charge in [0, 0.05) is 13.1 Å². The van der Waals surface area contributed by atoms with Gasteiger partial charge in [0.05, 0.1) is 18.8 Å². The lowest BCUT2D eigenvalue weighted by molar-refractivity contribution is 0.186. The van der Waals surface area contributed by atoms with Crippen molar-refractivity contribution < 1.29 is 9.84 Å². The lowest BCUT2D eigenvalue weighted by Gasteiger charge is -2.18. The summed E-state index contributed by atoms with van der Waals surface area (Å²) in [7, 11) is 0. The van der Waals surface area contributed by atoms with Crippen molar-refractivity contribution in [3.63, 3.8) is 0 Å². The quantitative estimate of drug-likeness (QED) is 0.176. The topological polar surface area (TPSA) is 69.1 Å². The van der Waals surface area contributed by atoms with Crippen LogP contribution in [-0.4, -0.2) is 61.3 Å². The second-order valence-corrected chi connectivity index (χ2v) is 6.78. The molecule has 0 aliphatic carbocycles. The van der Waals surface area contributed by atoms with Crippen molar-refractivity contribution in [3.05, 3.63) is 29.8 Å². The van der Waals surface area contributed by atoms with E-state index in [0.717, 1.165) is 56.4 Å². The van der Waals surface area contributed by atoms with Crippen molar-refractivity contribution >= 4 is 29.9 Å². The summed E-state index contributed by atoms with van der Waals surface area (Å²) < 4.78 is 5.63. The van der Waals surface area contributed by atoms with Crippen LogP contribution in [0.15, 0.2) is 29.3 Å². The highest BCUT2D eigenvalue weighted by atomic mass is 127. The van der Waals surface area contributed by atoms with Gasteiger partial charge in [-0.2, -0.15) is 0 Å². The number of aliphatic hydroxyl groups is 1. The molecule has 1 unspecified atom stereocenters. The molecule has 0 saturated heterocycles. The van der Waals surface area contributed by atoms with Gasteiger partial charge in [0.1, 0.15) is 5.75 Å². The zero-order chi connectivity index (χ0) is 20.1. The van der Waals surface area contributed by atoms with Crippen LogP contribution in [0, 0.1) is 0 Å². The van der Waals surface area contributed by atoms with Crippen LogP contribution in [0.25, 0.3) is 0 Å². The third-order valence-electron chi connectivity index (χ3n) is 4.24. The normalized spacial score (nSPS) is 12.6. The Morgan fingerprint density at radius 2 is 1.75 bits per heavy atom. The Balaban J connectivity index is 0.00000729. The number of nitrogens with zero attached hydrogens (tertiary/aromatic N) is 2. The van der Waals surface area contributed by atoms with Gasteiger partial charge >= 0.3 is 0 Å². The fraction of sp³-hybridized carbons (Fsp3) is 0.667. The highest BCUT2D eigenvalue weighted by molar-refractivity contribution is 14.0. The Kier molecular flexibility index (Phi) is 15.2. The van der Waals surface area contributed by atoms with E-state index in [0.29, 0.717) is 6.54 Å². The Hall–Kier alpha value is -1.06. The van der Waals surface area contributed by atoms with Gasteiger partial charge in [0.2, 0.25) is 0 Å². The minimum atomic E-state index is -0.635. The Bertz CT molecular complexity index is 534. The summed E-state index contributed by atoms with van der Waals surface area (Å²) in [6.07, 6.45) is 0.566. The molecule has 1 atom stereocenters. The zero-order valence-electron chi connectivity index (χ0n) is 18.1. The Morgan fingerprint density at radius 3 is 2.29 bits per heavy atom. The van der Waals surface area contributed by atoms with Crippen LogP contribution >= 0.6 is 24.0 Å². The van der Waals surface area contributed by atoms with E-state index < -0.39 is 6.10 Å². The van der Waals surface area contributed by atoms with Gasteiger partial charge in [0.15, 0.2) is 5.96 Å². The van der Waals surface area contributed by atoms with E-state index in [4.69, 9.17) is 4.74 Å². The first-order valence-corrected chi connectivity index (χ1v) is 10.2. The summed E-state index contributed by atoms with van der Waals surface area (Å²) in [4.78, 5) is 6.92. The molecule has 0 radical (unpaired) electrons. The molecule has 0 amide bonds. The van der Waals surface area contributed by atoms with E-state index in [2.05, 4.69) is 34.4 Å². The second-order valence-electron chi connectivity index (χ2n) is 6.78. The average Bonchev–Trinajstić information content (AvgIpc) is 2.66. The van der Waals surface area contributed by atoms with Crippen molar-refractivity contribution in [2.45, 2.75) is 53.2 Å². The van der Waals surface area contributed by atoms with Crippen molar-refractivity contribution in [1.82, 2.24) is 15.5 Å². The van der Waals surface area contributed by atoms with Crippen LogP contribution in [0.1, 0.15) is 52.7 Å². The highest BCUT2D eigenvalue weighted by Crippen LogP contribution is 2.19. The molecule has 1 rings (SSSR count). The molecule has 0 aliphatic heterocycles. The number of nitrogens with one attached hydrogen (secondary N) is 2. The van der Waals surface area contributed by atoms with Gasteiger partial charge < -0.3 is 25.4 Å². The summed E-state index contributed by atoms with van der Waals surface area (Å²) in [6.45, 7) is 15.6. The highest BCUT2D eigenvalue weighted by Gasteiger charge is 2.08. The van der Waals surface area contributed by atoms with E-state index in [1.165, 1.54) is 0 Å². The second kappa shape index (κ2) is 15.8. The molecule has 1 aromatic rings. The van der Waals surface area contributed by atoms with Gasteiger partial charge in [-0.15, -0.1) is 24.0 Å². The third-order valence-corrected chi connectivity index (χ3v) is 4.24. The standard InChI is InChI=1S/C21H38N4O2.HI/c1-6-22-21(23-14-9-15-25(7-2)8-3)24-16-20(26)18-10-12-19(13-11-18)27-17(4)5;/h10-13,17,20,26H,6-9,14-16H2,1-5H3,(H2,22,23,24);1H. The molecule has 0 heterocycles. The SMILES string of the molecule is CCNC(=NCC(O)c1ccc(OC(C)C)cc1)NCCCN(CC)CC.I. The zero-order valence-corrected chi connectivity index (χ0v) is 20.4. The van der Waals surface area contributed by atoms with Gasteiger partial charge in [0.25, 0.3) is 0 Å². The molecule has 28 heavy (non-hydrogen) atoms. The number of ether oxygens (including phenoxy) is 1. The third kappa shape index (κ3) is 11.1. The fourth-order valence-corrected chi connectivity index (χ4v) is 2.71. The van der Waals surface area contributed by atoms with Gasteiger partial charge in [-0.25, -0.2) is 0 Å². The predicted octanol–water partition coefficient (Wildman–Crippen LogP) is 3.41. The molecule has 162 valence electrons. The van der Waals surface area contributed by atoms with Crippen LogP contribution in [0.5, 0.6) is 5.75 Å². The summed E-state index contributed by atoms with van der Waals surface area (Å²) >= 11 is 0. The molecule has 7 heteroatoms. The number of halogens is 1. The number of hydrogen-bond acceptors (Lipinski definition) is 4. The molecule has 6 nitrogen and oxygen atoms in total. The monoisotopic (exact) mass is 506 g/mol. The van der Waals surface area contributed by atoms with Crippen molar-refractivity contribution in [3.8, 4) is 5.75 Å². The first-order valence-electron chi connectivity index (χ1n) is 10.2. The maximum Gasteiger partial charge on any atom is 0.191 e. The minimum absolute atomic E-state index is 0.